The molecule has 0 atom stereocenters. The van der Waals surface area contributed by atoms with Crippen LogP contribution in [0.5, 0.6) is 0 Å². The molecule has 1 aliphatic heterocycles. The zero-order valence-electron chi connectivity index (χ0n) is 10.6. The largest absolute Gasteiger partial charge is 0.381 e. The zero-order valence-corrected chi connectivity index (χ0v) is 11.5. The first-order valence-corrected chi connectivity index (χ1v) is 7.35. The Kier molecular flexibility index (Phi) is 5.08. The van der Waals surface area contributed by atoms with Crippen LogP contribution >= 0.6 is 11.8 Å². The lowest BCUT2D eigenvalue weighted by atomic mass is 10.2. The topological polar surface area (TPSA) is 38.3 Å². The van der Waals surface area contributed by atoms with Crippen LogP contribution in [0.1, 0.15) is 18.4 Å². The van der Waals surface area contributed by atoms with Crippen LogP contribution < -0.4 is 5.32 Å². The summed E-state index contributed by atoms with van der Waals surface area (Å²) in [4.78, 5) is 11.8. The number of hydrogen-bond acceptors (Lipinski definition) is 3. The third kappa shape index (κ3) is 4.35. The molecular weight excluding hydrogens is 246 g/mol. The molecular formula is C14H19NO2S. The summed E-state index contributed by atoms with van der Waals surface area (Å²) in [6, 6.07) is 7.88. The summed E-state index contributed by atoms with van der Waals surface area (Å²) in [5, 5.41) is 3.50. The number of hydrogen-bond donors (Lipinski definition) is 1. The van der Waals surface area contributed by atoms with Gasteiger partial charge in [-0.05, 0) is 37.5 Å². The molecule has 1 fully saturated rings. The SMILES string of the molecule is Cc1cccc(NC(=O)CSC2CCOCC2)c1. The maximum Gasteiger partial charge on any atom is 0.234 e. The Bertz CT molecular complexity index is 403. The minimum absolute atomic E-state index is 0.0806. The Balaban J connectivity index is 1.74. The molecule has 2 rings (SSSR count). The number of carbonyl (C=O) groups is 1. The van der Waals surface area contributed by atoms with Crippen molar-refractivity contribution in [1.29, 1.82) is 0 Å². The van der Waals surface area contributed by atoms with Gasteiger partial charge in [0.15, 0.2) is 0 Å². The third-order valence-corrected chi connectivity index (χ3v) is 4.29. The number of ether oxygens (including phenoxy) is 1. The summed E-state index contributed by atoms with van der Waals surface area (Å²) in [5.74, 6) is 0.607. The molecule has 0 saturated carbocycles. The number of carbonyl (C=O) groups excluding carboxylic acids is 1. The number of benzene rings is 1. The van der Waals surface area contributed by atoms with Crippen molar-refractivity contribution in [2.75, 3.05) is 24.3 Å². The third-order valence-electron chi connectivity index (χ3n) is 2.92. The van der Waals surface area contributed by atoms with Gasteiger partial charge in [0.05, 0.1) is 5.75 Å². The molecule has 0 bridgehead atoms. The molecule has 98 valence electrons. The zero-order chi connectivity index (χ0) is 12.8. The second kappa shape index (κ2) is 6.81. The predicted molar refractivity (Wildman–Crippen MR) is 76.1 cm³/mol. The first kappa shape index (κ1) is 13.4. The summed E-state index contributed by atoms with van der Waals surface area (Å²) >= 11 is 1.74. The lowest BCUT2D eigenvalue weighted by Gasteiger charge is -2.21. The van der Waals surface area contributed by atoms with Gasteiger partial charge in [0.1, 0.15) is 0 Å². The molecule has 4 heteroatoms. The predicted octanol–water partition coefficient (Wildman–Crippen LogP) is 2.85. The highest BCUT2D eigenvalue weighted by Gasteiger charge is 2.15. The second-order valence-corrected chi connectivity index (χ2v) is 5.83. The Morgan fingerprint density at radius 1 is 1.44 bits per heavy atom. The second-order valence-electron chi connectivity index (χ2n) is 4.54. The summed E-state index contributed by atoms with van der Waals surface area (Å²) in [6.07, 6.45) is 2.12. The minimum atomic E-state index is 0.0806. The van der Waals surface area contributed by atoms with E-state index in [1.165, 1.54) is 0 Å². The van der Waals surface area contributed by atoms with Crippen LogP contribution in [0, 0.1) is 6.92 Å². The average molecular weight is 265 g/mol. The highest BCUT2D eigenvalue weighted by Crippen LogP contribution is 2.22. The van der Waals surface area contributed by atoms with Crippen molar-refractivity contribution in [2.45, 2.75) is 25.0 Å². The van der Waals surface area contributed by atoms with Crippen molar-refractivity contribution in [3.05, 3.63) is 29.8 Å². The van der Waals surface area contributed by atoms with Gasteiger partial charge in [0, 0.05) is 24.2 Å². The van der Waals surface area contributed by atoms with E-state index in [-0.39, 0.29) is 5.91 Å². The number of thioether (sulfide) groups is 1. The molecule has 0 radical (unpaired) electrons. The van der Waals surface area contributed by atoms with Crippen LogP contribution in [0.3, 0.4) is 0 Å². The fraction of sp³-hybridized carbons (Fsp3) is 0.500. The highest BCUT2D eigenvalue weighted by molar-refractivity contribution is 8.00. The van der Waals surface area contributed by atoms with E-state index in [0.717, 1.165) is 37.3 Å². The molecule has 1 amide bonds. The molecule has 0 aliphatic carbocycles. The first-order valence-electron chi connectivity index (χ1n) is 6.30. The van der Waals surface area contributed by atoms with Crippen molar-refractivity contribution < 1.29 is 9.53 Å². The maximum absolute atomic E-state index is 11.8. The van der Waals surface area contributed by atoms with E-state index < -0.39 is 0 Å². The molecule has 1 N–H and O–H groups in total. The van der Waals surface area contributed by atoms with Crippen LogP contribution in [0.4, 0.5) is 5.69 Å². The van der Waals surface area contributed by atoms with Gasteiger partial charge in [0.2, 0.25) is 5.91 Å². The number of amides is 1. The van der Waals surface area contributed by atoms with E-state index in [4.69, 9.17) is 4.74 Å². The van der Waals surface area contributed by atoms with Crippen molar-refractivity contribution in [1.82, 2.24) is 0 Å². The molecule has 1 saturated heterocycles. The Morgan fingerprint density at radius 3 is 2.94 bits per heavy atom. The van der Waals surface area contributed by atoms with Gasteiger partial charge in [0.25, 0.3) is 0 Å². The normalized spacial score (nSPS) is 16.5. The lowest BCUT2D eigenvalue weighted by Crippen LogP contribution is -2.21. The van der Waals surface area contributed by atoms with Gasteiger partial charge >= 0.3 is 0 Å². The summed E-state index contributed by atoms with van der Waals surface area (Å²) in [6.45, 7) is 3.68. The quantitative estimate of drug-likeness (QED) is 0.909. The molecule has 1 aromatic rings. The monoisotopic (exact) mass is 265 g/mol. The van der Waals surface area contributed by atoms with Gasteiger partial charge in [-0.3, -0.25) is 4.79 Å². The van der Waals surface area contributed by atoms with Crippen LogP contribution in [0.15, 0.2) is 24.3 Å². The van der Waals surface area contributed by atoms with Gasteiger partial charge in [-0.2, -0.15) is 0 Å². The molecule has 1 heterocycles. The molecule has 1 aromatic carbocycles. The number of aryl methyl sites for hydroxylation is 1. The maximum atomic E-state index is 11.8. The van der Waals surface area contributed by atoms with E-state index in [1.807, 2.05) is 31.2 Å². The Morgan fingerprint density at radius 2 is 2.22 bits per heavy atom. The van der Waals surface area contributed by atoms with E-state index in [9.17, 15) is 4.79 Å². The molecule has 18 heavy (non-hydrogen) atoms. The molecule has 0 aromatic heterocycles. The van der Waals surface area contributed by atoms with Crippen LogP contribution in [-0.2, 0) is 9.53 Å². The minimum Gasteiger partial charge on any atom is -0.381 e. The summed E-state index contributed by atoms with van der Waals surface area (Å²) in [5.41, 5.74) is 2.04. The van der Waals surface area contributed by atoms with Gasteiger partial charge in [-0.1, -0.05) is 12.1 Å². The average Bonchev–Trinajstić information content (AvgIpc) is 2.38. The summed E-state index contributed by atoms with van der Waals surface area (Å²) < 4.78 is 5.30. The van der Waals surface area contributed by atoms with Gasteiger partial charge in [-0.25, -0.2) is 0 Å². The number of anilines is 1. The van der Waals surface area contributed by atoms with Crippen molar-refractivity contribution in [3.63, 3.8) is 0 Å². The molecule has 3 nitrogen and oxygen atoms in total. The number of nitrogens with one attached hydrogen (secondary N) is 1. The van der Waals surface area contributed by atoms with Crippen molar-refractivity contribution in [3.8, 4) is 0 Å². The molecule has 1 aliphatic rings. The van der Waals surface area contributed by atoms with Crippen LogP contribution in [0.25, 0.3) is 0 Å². The number of rotatable bonds is 4. The molecule has 0 spiro atoms. The van der Waals surface area contributed by atoms with Crippen LogP contribution in [-0.4, -0.2) is 30.1 Å². The highest BCUT2D eigenvalue weighted by atomic mass is 32.2. The van der Waals surface area contributed by atoms with E-state index >= 15 is 0 Å². The van der Waals surface area contributed by atoms with E-state index in [1.54, 1.807) is 11.8 Å². The lowest BCUT2D eigenvalue weighted by molar-refractivity contribution is -0.113. The fourth-order valence-electron chi connectivity index (χ4n) is 1.96. The fourth-order valence-corrected chi connectivity index (χ4v) is 2.94. The molecule has 0 unspecified atom stereocenters. The Hall–Kier alpha value is -1.00. The van der Waals surface area contributed by atoms with Gasteiger partial charge < -0.3 is 10.1 Å². The van der Waals surface area contributed by atoms with Crippen LogP contribution in [0.2, 0.25) is 0 Å². The first-order chi connectivity index (χ1) is 8.74. The van der Waals surface area contributed by atoms with E-state index in [2.05, 4.69) is 5.32 Å². The standard InChI is InChI=1S/C14H19NO2S/c1-11-3-2-4-12(9-11)15-14(16)10-18-13-5-7-17-8-6-13/h2-4,9,13H,5-8,10H2,1H3,(H,15,16). The van der Waals surface area contributed by atoms with Gasteiger partial charge in [-0.15, -0.1) is 11.8 Å². The van der Waals surface area contributed by atoms with Crippen molar-refractivity contribution >= 4 is 23.4 Å². The van der Waals surface area contributed by atoms with E-state index in [0.29, 0.717) is 11.0 Å². The van der Waals surface area contributed by atoms with Crippen molar-refractivity contribution in [2.24, 2.45) is 0 Å². The Labute approximate surface area is 112 Å². The smallest absolute Gasteiger partial charge is 0.234 e. The summed E-state index contributed by atoms with van der Waals surface area (Å²) in [7, 11) is 0.